The molecule has 1 aliphatic heterocycles. The SMILES string of the molecule is C/C=C\C1=C(/C=C\C)C(=O)N(CCCC)C1. The number of amides is 1. The van der Waals surface area contributed by atoms with Crippen LogP contribution in [0.1, 0.15) is 33.6 Å². The molecular weight excluding hydrogens is 198 g/mol. The summed E-state index contributed by atoms with van der Waals surface area (Å²) in [5.74, 6) is 0.180. The van der Waals surface area contributed by atoms with Crippen LogP contribution < -0.4 is 0 Å². The quantitative estimate of drug-likeness (QED) is 0.696. The Balaban J connectivity index is 2.81. The Bertz CT molecular complexity index is 337. The Hall–Kier alpha value is -1.31. The first-order chi connectivity index (χ1) is 7.74. The van der Waals surface area contributed by atoms with E-state index in [1.807, 2.05) is 43.1 Å². The fraction of sp³-hybridized carbons (Fsp3) is 0.500. The molecule has 0 saturated heterocycles. The van der Waals surface area contributed by atoms with Gasteiger partial charge in [0.15, 0.2) is 0 Å². The first-order valence-electron chi connectivity index (χ1n) is 6.02. The van der Waals surface area contributed by atoms with Crippen molar-refractivity contribution in [1.29, 1.82) is 0 Å². The molecule has 0 aliphatic carbocycles. The predicted molar refractivity (Wildman–Crippen MR) is 68.1 cm³/mol. The van der Waals surface area contributed by atoms with Gasteiger partial charge in [0.05, 0.1) is 0 Å². The summed E-state index contributed by atoms with van der Waals surface area (Å²) in [4.78, 5) is 14.0. The average Bonchev–Trinajstić information content (AvgIpc) is 2.56. The maximum Gasteiger partial charge on any atom is 0.254 e. The van der Waals surface area contributed by atoms with Crippen LogP contribution >= 0.6 is 0 Å². The molecule has 16 heavy (non-hydrogen) atoms. The topological polar surface area (TPSA) is 20.3 Å². The lowest BCUT2D eigenvalue weighted by molar-refractivity contribution is -0.125. The molecule has 1 heterocycles. The lowest BCUT2D eigenvalue weighted by atomic mass is 10.1. The summed E-state index contributed by atoms with van der Waals surface area (Å²) in [5, 5.41) is 0. The third kappa shape index (κ3) is 2.84. The van der Waals surface area contributed by atoms with E-state index >= 15 is 0 Å². The van der Waals surface area contributed by atoms with Crippen molar-refractivity contribution in [2.24, 2.45) is 0 Å². The monoisotopic (exact) mass is 219 g/mol. The van der Waals surface area contributed by atoms with Gasteiger partial charge in [0.25, 0.3) is 5.91 Å². The molecule has 2 heteroatoms. The van der Waals surface area contributed by atoms with Crippen LogP contribution in [0.25, 0.3) is 0 Å². The summed E-state index contributed by atoms with van der Waals surface area (Å²) in [5.41, 5.74) is 2.00. The van der Waals surface area contributed by atoms with Gasteiger partial charge in [-0.1, -0.05) is 37.6 Å². The zero-order chi connectivity index (χ0) is 12.0. The predicted octanol–water partition coefficient (Wildman–Crippen LogP) is 3.08. The number of carbonyl (C=O) groups is 1. The van der Waals surface area contributed by atoms with Crippen molar-refractivity contribution in [2.45, 2.75) is 33.6 Å². The van der Waals surface area contributed by atoms with Crippen LogP contribution in [-0.4, -0.2) is 23.9 Å². The molecule has 0 unspecified atom stereocenters. The van der Waals surface area contributed by atoms with Gasteiger partial charge >= 0.3 is 0 Å². The van der Waals surface area contributed by atoms with Gasteiger partial charge in [-0.05, 0) is 25.8 Å². The lowest BCUT2D eigenvalue weighted by Crippen LogP contribution is -2.27. The number of allylic oxidation sites excluding steroid dienone is 2. The Morgan fingerprint density at radius 3 is 2.50 bits per heavy atom. The molecule has 0 spiro atoms. The van der Waals surface area contributed by atoms with Crippen LogP contribution in [0.15, 0.2) is 35.5 Å². The highest BCUT2D eigenvalue weighted by molar-refractivity contribution is 6.00. The molecule has 0 N–H and O–H groups in total. The highest BCUT2D eigenvalue weighted by Gasteiger charge is 2.26. The van der Waals surface area contributed by atoms with E-state index < -0.39 is 0 Å². The van der Waals surface area contributed by atoms with Crippen molar-refractivity contribution in [3.63, 3.8) is 0 Å². The van der Waals surface area contributed by atoms with Crippen LogP contribution in [0.5, 0.6) is 0 Å². The summed E-state index contributed by atoms with van der Waals surface area (Å²) in [7, 11) is 0. The standard InChI is InChI=1S/C14H21NO/c1-4-7-10-15-11-12(8-5-2)13(9-6-3)14(15)16/h5-6,8-9H,4,7,10-11H2,1-3H3/b8-5-,9-6-. The van der Waals surface area contributed by atoms with E-state index in [-0.39, 0.29) is 5.91 Å². The van der Waals surface area contributed by atoms with Gasteiger partial charge in [-0.15, -0.1) is 0 Å². The van der Waals surface area contributed by atoms with Crippen LogP contribution in [0.4, 0.5) is 0 Å². The zero-order valence-corrected chi connectivity index (χ0v) is 10.5. The van der Waals surface area contributed by atoms with Crippen molar-refractivity contribution in [1.82, 2.24) is 4.90 Å². The second-order valence-corrected chi connectivity index (χ2v) is 4.02. The molecule has 0 aromatic heterocycles. The fourth-order valence-electron chi connectivity index (χ4n) is 1.89. The van der Waals surface area contributed by atoms with Crippen molar-refractivity contribution in [3.8, 4) is 0 Å². The molecular formula is C14H21NO. The Morgan fingerprint density at radius 1 is 1.25 bits per heavy atom. The first kappa shape index (κ1) is 12.8. The zero-order valence-electron chi connectivity index (χ0n) is 10.5. The third-order valence-corrected chi connectivity index (χ3v) is 2.71. The van der Waals surface area contributed by atoms with Gasteiger partial charge in [0, 0.05) is 18.7 Å². The molecule has 1 amide bonds. The molecule has 88 valence electrons. The minimum atomic E-state index is 0.180. The fourth-order valence-corrected chi connectivity index (χ4v) is 1.89. The third-order valence-electron chi connectivity index (χ3n) is 2.71. The molecule has 2 nitrogen and oxygen atoms in total. The Morgan fingerprint density at radius 2 is 1.94 bits per heavy atom. The van der Waals surface area contributed by atoms with Gasteiger partial charge in [-0.2, -0.15) is 0 Å². The highest BCUT2D eigenvalue weighted by atomic mass is 16.2. The summed E-state index contributed by atoms with van der Waals surface area (Å²) in [6.45, 7) is 7.72. The summed E-state index contributed by atoms with van der Waals surface area (Å²) in [6.07, 6.45) is 10.1. The summed E-state index contributed by atoms with van der Waals surface area (Å²) >= 11 is 0. The van der Waals surface area contributed by atoms with E-state index in [2.05, 4.69) is 6.92 Å². The van der Waals surface area contributed by atoms with E-state index in [0.29, 0.717) is 0 Å². The number of rotatable bonds is 5. The normalized spacial score (nSPS) is 17.4. The average molecular weight is 219 g/mol. The molecule has 0 saturated carbocycles. The highest BCUT2D eigenvalue weighted by Crippen LogP contribution is 2.21. The minimum Gasteiger partial charge on any atom is -0.334 e. The van der Waals surface area contributed by atoms with E-state index in [1.165, 1.54) is 0 Å². The van der Waals surface area contributed by atoms with Crippen molar-refractivity contribution >= 4 is 5.91 Å². The first-order valence-corrected chi connectivity index (χ1v) is 6.02. The van der Waals surface area contributed by atoms with Crippen LogP contribution in [0.3, 0.4) is 0 Å². The van der Waals surface area contributed by atoms with Gasteiger partial charge in [-0.3, -0.25) is 4.79 Å². The molecule has 0 aromatic carbocycles. The van der Waals surface area contributed by atoms with E-state index in [9.17, 15) is 4.79 Å². The second kappa shape index (κ2) is 6.31. The number of hydrogen-bond donors (Lipinski definition) is 0. The number of unbranched alkanes of at least 4 members (excludes halogenated alkanes) is 1. The van der Waals surface area contributed by atoms with E-state index in [0.717, 1.165) is 37.1 Å². The smallest absolute Gasteiger partial charge is 0.254 e. The van der Waals surface area contributed by atoms with Crippen LogP contribution in [-0.2, 0) is 4.79 Å². The second-order valence-electron chi connectivity index (χ2n) is 4.02. The lowest BCUT2D eigenvalue weighted by Gasteiger charge is -2.15. The van der Waals surface area contributed by atoms with E-state index in [4.69, 9.17) is 0 Å². The number of hydrogen-bond acceptors (Lipinski definition) is 1. The molecule has 0 aromatic rings. The molecule has 0 radical (unpaired) electrons. The molecule has 1 rings (SSSR count). The van der Waals surface area contributed by atoms with Gasteiger partial charge < -0.3 is 4.90 Å². The summed E-state index contributed by atoms with van der Waals surface area (Å²) < 4.78 is 0. The van der Waals surface area contributed by atoms with Gasteiger partial charge in [0.2, 0.25) is 0 Å². The number of carbonyl (C=O) groups excluding carboxylic acids is 1. The van der Waals surface area contributed by atoms with Crippen molar-refractivity contribution in [3.05, 3.63) is 35.5 Å². The molecule has 0 atom stereocenters. The molecule has 0 bridgehead atoms. The minimum absolute atomic E-state index is 0.180. The van der Waals surface area contributed by atoms with Crippen LogP contribution in [0.2, 0.25) is 0 Å². The maximum absolute atomic E-state index is 12.1. The summed E-state index contributed by atoms with van der Waals surface area (Å²) in [6, 6.07) is 0. The van der Waals surface area contributed by atoms with Gasteiger partial charge in [-0.25, -0.2) is 0 Å². The largest absolute Gasteiger partial charge is 0.334 e. The Labute approximate surface area is 98.3 Å². The van der Waals surface area contributed by atoms with E-state index in [1.54, 1.807) is 0 Å². The van der Waals surface area contributed by atoms with Crippen LogP contribution in [0, 0.1) is 0 Å². The maximum atomic E-state index is 12.1. The number of nitrogens with zero attached hydrogens (tertiary/aromatic N) is 1. The van der Waals surface area contributed by atoms with Crippen molar-refractivity contribution in [2.75, 3.05) is 13.1 Å². The van der Waals surface area contributed by atoms with Gasteiger partial charge in [0.1, 0.15) is 0 Å². The molecule has 1 aliphatic rings. The van der Waals surface area contributed by atoms with Crippen molar-refractivity contribution < 1.29 is 4.79 Å². The Kier molecular flexibility index (Phi) is 5.03. The molecule has 0 fully saturated rings.